The normalized spacial score (nSPS) is 12.7. The van der Waals surface area contributed by atoms with Crippen molar-refractivity contribution < 1.29 is 4.42 Å². The molecule has 0 saturated carbocycles. The summed E-state index contributed by atoms with van der Waals surface area (Å²) in [4.78, 5) is 14.5. The summed E-state index contributed by atoms with van der Waals surface area (Å²) in [5.41, 5.74) is 17.1. The third kappa shape index (κ3) is 4.87. The highest BCUT2D eigenvalue weighted by molar-refractivity contribution is 6.13. The van der Waals surface area contributed by atoms with E-state index in [0.29, 0.717) is 0 Å². The molecule has 57 heavy (non-hydrogen) atoms. The number of rotatable bonds is 5. The van der Waals surface area contributed by atoms with Gasteiger partial charge in [0.05, 0.1) is 33.4 Å². The molecule has 0 aliphatic carbocycles. The van der Waals surface area contributed by atoms with Gasteiger partial charge in [0, 0.05) is 68.3 Å². The summed E-state index contributed by atoms with van der Waals surface area (Å²) in [5, 5.41) is 4.43. The maximum atomic E-state index is 6.74. The van der Waals surface area contributed by atoms with Crippen LogP contribution >= 0.6 is 0 Å². The number of aliphatic imine (C=N–C) groups is 1. The Kier molecular flexibility index (Phi) is 6.95. The van der Waals surface area contributed by atoms with E-state index in [0.717, 1.165) is 118 Å². The summed E-state index contributed by atoms with van der Waals surface area (Å²) in [6.45, 7) is 0. The maximum Gasteiger partial charge on any atom is 0.143 e. The minimum atomic E-state index is 0.862. The van der Waals surface area contributed by atoms with Gasteiger partial charge in [0.25, 0.3) is 0 Å². The van der Waals surface area contributed by atoms with Crippen LogP contribution in [-0.4, -0.2) is 25.3 Å². The van der Waals surface area contributed by atoms with Crippen LogP contribution in [-0.2, 0) is 6.42 Å². The van der Waals surface area contributed by atoms with Crippen LogP contribution < -0.4 is 0 Å². The minimum absolute atomic E-state index is 0.862. The molecule has 5 aromatic heterocycles. The van der Waals surface area contributed by atoms with Gasteiger partial charge in [0.1, 0.15) is 11.2 Å². The Morgan fingerprint density at radius 1 is 0.491 bits per heavy atom. The molecular formula is C51H33N5O. The lowest BCUT2D eigenvalue weighted by Gasteiger charge is -2.13. The van der Waals surface area contributed by atoms with Gasteiger partial charge >= 0.3 is 0 Å². The van der Waals surface area contributed by atoms with E-state index in [2.05, 4.69) is 160 Å². The van der Waals surface area contributed by atoms with Crippen LogP contribution in [0, 0.1) is 0 Å². The zero-order chi connectivity index (χ0) is 37.5. The van der Waals surface area contributed by atoms with Crippen molar-refractivity contribution in [3.8, 4) is 44.9 Å². The summed E-state index contributed by atoms with van der Waals surface area (Å²) < 4.78 is 11.4. The van der Waals surface area contributed by atoms with E-state index in [1.165, 1.54) is 5.69 Å². The highest BCUT2D eigenvalue weighted by atomic mass is 16.3. The molecular weight excluding hydrogens is 699 g/mol. The van der Waals surface area contributed by atoms with Crippen molar-refractivity contribution in [2.75, 3.05) is 0 Å². The predicted octanol–water partition coefficient (Wildman–Crippen LogP) is 13.1. The number of furan rings is 1. The number of hydrogen-bond acceptors (Lipinski definition) is 4. The molecule has 0 atom stereocenters. The molecule has 0 fully saturated rings. The first-order valence-electron chi connectivity index (χ1n) is 19.4. The Labute approximate surface area is 327 Å². The van der Waals surface area contributed by atoms with Gasteiger partial charge in [-0.15, -0.1) is 0 Å². The van der Waals surface area contributed by atoms with Gasteiger partial charge in [-0.2, -0.15) is 0 Å². The fourth-order valence-corrected chi connectivity index (χ4v) is 9.01. The standard InChI is InChI=1S/C51H33N5O/c1-2-11-34(12-3-1)55-44-24-21-33(30-42(44)49-46(55)18-9-27-53-49)37-15-8-16-39-40-31-35(22-25-48(40)57-51(37)39)56-45-23-20-32(29-41(45)50-47(56)19-10-28-54-50)36-13-4-5-14-38(36)43-17-6-7-26-52-43/h1-9,11-18,20-31H,10,19H2. The fraction of sp³-hybridized carbons (Fsp3) is 0.0392. The number of hydrogen-bond donors (Lipinski definition) is 0. The quantitative estimate of drug-likeness (QED) is 0.177. The van der Waals surface area contributed by atoms with Crippen LogP contribution in [0.2, 0.25) is 0 Å². The largest absolute Gasteiger partial charge is 0.455 e. The smallest absolute Gasteiger partial charge is 0.143 e. The summed E-state index contributed by atoms with van der Waals surface area (Å²) >= 11 is 0. The average molecular weight is 732 g/mol. The molecule has 1 aliphatic heterocycles. The second-order valence-electron chi connectivity index (χ2n) is 14.7. The number of fused-ring (bicyclic) bond motifs is 9. The van der Waals surface area contributed by atoms with Gasteiger partial charge in [0.2, 0.25) is 0 Å². The number of pyridine rings is 2. The van der Waals surface area contributed by atoms with Crippen molar-refractivity contribution in [2.45, 2.75) is 12.8 Å². The molecule has 6 heteroatoms. The van der Waals surface area contributed by atoms with E-state index >= 15 is 0 Å². The van der Waals surface area contributed by atoms with Crippen LogP contribution in [0.5, 0.6) is 0 Å². The van der Waals surface area contributed by atoms with Crippen molar-refractivity contribution in [1.82, 2.24) is 19.1 Å². The lowest BCUT2D eigenvalue weighted by Crippen LogP contribution is -2.02. The Balaban J connectivity index is 0.998. The summed E-state index contributed by atoms with van der Waals surface area (Å²) in [5.74, 6) is 0. The van der Waals surface area contributed by atoms with Crippen LogP contribution in [0.1, 0.15) is 12.1 Å². The molecule has 12 rings (SSSR count). The van der Waals surface area contributed by atoms with Gasteiger partial charge in [-0.1, -0.05) is 78.9 Å². The summed E-state index contributed by atoms with van der Waals surface area (Å²) in [6.07, 6.45) is 7.61. The van der Waals surface area contributed by atoms with E-state index in [4.69, 9.17) is 14.4 Å². The van der Waals surface area contributed by atoms with Gasteiger partial charge in [0.15, 0.2) is 0 Å². The van der Waals surface area contributed by atoms with Gasteiger partial charge in [-0.25, -0.2) is 0 Å². The molecule has 268 valence electrons. The van der Waals surface area contributed by atoms with Gasteiger partial charge in [-0.05, 0) is 108 Å². The second kappa shape index (κ2) is 12.5. The molecule has 0 saturated heterocycles. The van der Waals surface area contributed by atoms with E-state index in [1.54, 1.807) is 0 Å². The summed E-state index contributed by atoms with van der Waals surface area (Å²) in [6, 6.07) is 55.8. The van der Waals surface area contributed by atoms with E-state index < -0.39 is 0 Å². The molecule has 0 unspecified atom stereocenters. The van der Waals surface area contributed by atoms with Crippen LogP contribution in [0.15, 0.2) is 180 Å². The topological polar surface area (TPSA) is 61.1 Å². The Bertz CT molecular complexity index is 3410. The first-order valence-corrected chi connectivity index (χ1v) is 19.4. The van der Waals surface area contributed by atoms with E-state index in [9.17, 15) is 0 Å². The van der Waals surface area contributed by atoms with Crippen molar-refractivity contribution in [1.29, 1.82) is 0 Å². The van der Waals surface area contributed by atoms with E-state index in [1.807, 2.05) is 30.6 Å². The van der Waals surface area contributed by atoms with E-state index in [-0.39, 0.29) is 0 Å². The van der Waals surface area contributed by atoms with Crippen molar-refractivity contribution in [3.63, 3.8) is 0 Å². The highest BCUT2D eigenvalue weighted by Gasteiger charge is 2.23. The Morgan fingerprint density at radius 2 is 1.26 bits per heavy atom. The first-order chi connectivity index (χ1) is 28.3. The van der Waals surface area contributed by atoms with Crippen LogP contribution in [0.25, 0.3) is 99.7 Å². The molecule has 11 aromatic rings. The number of aromatic nitrogens is 4. The monoisotopic (exact) mass is 731 g/mol. The maximum absolute atomic E-state index is 6.74. The second-order valence-corrected chi connectivity index (χ2v) is 14.7. The number of para-hydroxylation sites is 2. The SMILES string of the molecule is C1=Nc2c(n(-c3ccc4oc5c(-c6ccc7c(c6)c6ncccc6n7-c6ccccc6)cccc5c4c3)c3ccc(-c4ccccc4-c4ccccn4)cc23)CC1. The molecule has 0 spiro atoms. The highest BCUT2D eigenvalue weighted by Crippen LogP contribution is 2.44. The zero-order valence-corrected chi connectivity index (χ0v) is 30.8. The van der Waals surface area contributed by atoms with Crippen molar-refractivity contribution >= 4 is 66.7 Å². The summed E-state index contributed by atoms with van der Waals surface area (Å²) in [7, 11) is 0. The molecule has 6 aromatic carbocycles. The lowest BCUT2D eigenvalue weighted by atomic mass is 9.96. The third-order valence-corrected chi connectivity index (χ3v) is 11.5. The molecule has 1 aliphatic rings. The minimum Gasteiger partial charge on any atom is -0.455 e. The van der Waals surface area contributed by atoms with Crippen molar-refractivity contribution in [3.05, 3.63) is 176 Å². The molecule has 0 amide bonds. The number of nitrogens with zero attached hydrogens (tertiary/aromatic N) is 5. The first kappa shape index (κ1) is 31.7. The Hall–Kier alpha value is -7.57. The average Bonchev–Trinajstić information content (AvgIpc) is 3.94. The number of benzene rings is 6. The zero-order valence-electron chi connectivity index (χ0n) is 30.8. The molecule has 6 nitrogen and oxygen atoms in total. The Morgan fingerprint density at radius 3 is 2.14 bits per heavy atom. The molecule has 0 N–H and O–H groups in total. The fourth-order valence-electron chi connectivity index (χ4n) is 9.01. The van der Waals surface area contributed by atoms with Crippen LogP contribution in [0.3, 0.4) is 0 Å². The predicted molar refractivity (Wildman–Crippen MR) is 233 cm³/mol. The van der Waals surface area contributed by atoms with Gasteiger partial charge in [-0.3, -0.25) is 15.0 Å². The molecule has 0 radical (unpaired) electrons. The van der Waals surface area contributed by atoms with Gasteiger partial charge < -0.3 is 13.6 Å². The lowest BCUT2D eigenvalue weighted by molar-refractivity contribution is 0.670. The van der Waals surface area contributed by atoms with Crippen LogP contribution in [0.4, 0.5) is 5.69 Å². The third-order valence-electron chi connectivity index (χ3n) is 11.5. The molecule has 6 heterocycles. The molecule has 0 bridgehead atoms. The van der Waals surface area contributed by atoms with Crippen molar-refractivity contribution in [2.24, 2.45) is 4.99 Å².